The SMILES string of the molecule is COc1cccnc1C(N)C(F)(F)F. The summed E-state index contributed by atoms with van der Waals surface area (Å²) in [7, 11) is 1.27. The highest BCUT2D eigenvalue weighted by Gasteiger charge is 2.40. The van der Waals surface area contributed by atoms with Gasteiger partial charge >= 0.3 is 6.18 Å². The van der Waals surface area contributed by atoms with Gasteiger partial charge in [0.15, 0.2) is 0 Å². The van der Waals surface area contributed by atoms with E-state index in [1.165, 1.54) is 25.4 Å². The Morgan fingerprint density at radius 1 is 1.50 bits per heavy atom. The van der Waals surface area contributed by atoms with Gasteiger partial charge in [0.25, 0.3) is 0 Å². The number of alkyl halides is 3. The predicted molar refractivity (Wildman–Crippen MR) is 43.8 cm³/mol. The molecule has 1 unspecified atom stereocenters. The smallest absolute Gasteiger partial charge is 0.409 e. The van der Waals surface area contributed by atoms with Crippen molar-refractivity contribution in [1.82, 2.24) is 4.98 Å². The number of aromatic nitrogens is 1. The van der Waals surface area contributed by atoms with Crippen LogP contribution in [0.15, 0.2) is 18.3 Å². The summed E-state index contributed by atoms with van der Waals surface area (Å²) in [5, 5.41) is 0. The van der Waals surface area contributed by atoms with Crippen LogP contribution in [-0.4, -0.2) is 18.3 Å². The van der Waals surface area contributed by atoms with Crippen LogP contribution in [0.3, 0.4) is 0 Å². The summed E-state index contributed by atoms with van der Waals surface area (Å²) in [6.45, 7) is 0. The molecule has 14 heavy (non-hydrogen) atoms. The minimum absolute atomic E-state index is 0.0392. The van der Waals surface area contributed by atoms with E-state index in [0.29, 0.717) is 0 Å². The van der Waals surface area contributed by atoms with E-state index in [1.807, 2.05) is 0 Å². The third-order valence-corrected chi connectivity index (χ3v) is 1.67. The lowest BCUT2D eigenvalue weighted by molar-refractivity contribution is -0.150. The maximum Gasteiger partial charge on any atom is 0.409 e. The number of rotatable bonds is 2. The maximum absolute atomic E-state index is 12.2. The van der Waals surface area contributed by atoms with Gasteiger partial charge in [-0.15, -0.1) is 0 Å². The Morgan fingerprint density at radius 3 is 2.64 bits per heavy atom. The Bertz CT molecular complexity index is 314. The Hall–Kier alpha value is -1.30. The predicted octanol–water partition coefficient (Wildman–Crippen LogP) is 1.65. The molecule has 1 aromatic rings. The highest BCUT2D eigenvalue weighted by Crippen LogP contribution is 2.33. The molecule has 0 aliphatic rings. The van der Waals surface area contributed by atoms with Crippen molar-refractivity contribution >= 4 is 0 Å². The van der Waals surface area contributed by atoms with Crippen molar-refractivity contribution in [1.29, 1.82) is 0 Å². The largest absolute Gasteiger partial charge is 0.495 e. The van der Waals surface area contributed by atoms with Gasteiger partial charge in [-0.05, 0) is 12.1 Å². The fraction of sp³-hybridized carbons (Fsp3) is 0.375. The van der Waals surface area contributed by atoms with Crippen LogP contribution in [0.2, 0.25) is 0 Å². The van der Waals surface area contributed by atoms with Crippen molar-refractivity contribution in [2.75, 3.05) is 7.11 Å². The lowest BCUT2D eigenvalue weighted by Crippen LogP contribution is -2.29. The molecule has 0 saturated heterocycles. The van der Waals surface area contributed by atoms with Crippen molar-refractivity contribution < 1.29 is 17.9 Å². The molecule has 1 aromatic heterocycles. The van der Waals surface area contributed by atoms with Crippen LogP contribution in [-0.2, 0) is 0 Å². The normalized spacial score (nSPS) is 13.8. The molecule has 1 rings (SSSR count). The highest BCUT2D eigenvalue weighted by molar-refractivity contribution is 5.30. The first kappa shape index (κ1) is 10.8. The zero-order valence-electron chi connectivity index (χ0n) is 7.38. The van der Waals surface area contributed by atoms with Gasteiger partial charge in [0.2, 0.25) is 0 Å². The van der Waals surface area contributed by atoms with Crippen LogP contribution >= 0.6 is 0 Å². The number of hydrogen-bond acceptors (Lipinski definition) is 3. The molecular formula is C8H9F3N2O. The van der Waals surface area contributed by atoms with Gasteiger partial charge < -0.3 is 10.5 Å². The standard InChI is InChI=1S/C8H9F3N2O/c1-14-5-3-2-4-13-6(5)7(12)8(9,10)11/h2-4,7H,12H2,1H3. The van der Waals surface area contributed by atoms with E-state index in [-0.39, 0.29) is 11.4 Å². The van der Waals surface area contributed by atoms with Gasteiger partial charge in [0.05, 0.1) is 7.11 Å². The lowest BCUT2D eigenvalue weighted by Gasteiger charge is -2.16. The molecule has 6 heteroatoms. The number of pyridine rings is 1. The van der Waals surface area contributed by atoms with Crippen LogP contribution in [0, 0.1) is 0 Å². The van der Waals surface area contributed by atoms with Crippen molar-refractivity contribution in [2.45, 2.75) is 12.2 Å². The first-order valence-corrected chi connectivity index (χ1v) is 3.78. The summed E-state index contributed by atoms with van der Waals surface area (Å²) >= 11 is 0. The van der Waals surface area contributed by atoms with E-state index in [1.54, 1.807) is 0 Å². The fourth-order valence-electron chi connectivity index (χ4n) is 0.964. The second-order valence-electron chi connectivity index (χ2n) is 2.61. The number of nitrogens with two attached hydrogens (primary N) is 1. The molecule has 0 aliphatic heterocycles. The van der Waals surface area contributed by atoms with Gasteiger partial charge in [-0.1, -0.05) is 0 Å². The summed E-state index contributed by atoms with van der Waals surface area (Å²) < 4.78 is 41.4. The van der Waals surface area contributed by atoms with Crippen LogP contribution < -0.4 is 10.5 Å². The van der Waals surface area contributed by atoms with E-state index in [9.17, 15) is 13.2 Å². The molecule has 1 heterocycles. The molecule has 1 atom stereocenters. The number of methoxy groups -OCH3 is 1. The van der Waals surface area contributed by atoms with Gasteiger partial charge in [0, 0.05) is 6.20 Å². The van der Waals surface area contributed by atoms with Gasteiger partial charge in [0.1, 0.15) is 17.5 Å². The number of halogens is 3. The Balaban J connectivity index is 3.06. The van der Waals surface area contributed by atoms with Gasteiger partial charge in [-0.25, -0.2) is 0 Å². The Labute approximate surface area is 78.7 Å². The van der Waals surface area contributed by atoms with Crippen LogP contribution in [0.4, 0.5) is 13.2 Å². The summed E-state index contributed by atoms with van der Waals surface area (Å²) in [5.41, 5.74) is 4.68. The molecule has 0 aliphatic carbocycles. The molecule has 0 radical (unpaired) electrons. The molecule has 0 aromatic carbocycles. The second-order valence-corrected chi connectivity index (χ2v) is 2.61. The van der Waals surface area contributed by atoms with Gasteiger partial charge in [-0.3, -0.25) is 4.98 Å². The zero-order valence-corrected chi connectivity index (χ0v) is 7.38. The van der Waals surface area contributed by atoms with E-state index in [0.717, 1.165) is 0 Å². The minimum Gasteiger partial charge on any atom is -0.495 e. The third kappa shape index (κ3) is 2.14. The van der Waals surface area contributed by atoms with Crippen molar-refractivity contribution in [3.63, 3.8) is 0 Å². The molecule has 78 valence electrons. The molecule has 0 spiro atoms. The summed E-state index contributed by atoms with van der Waals surface area (Å²) in [5.74, 6) is 0.0392. The van der Waals surface area contributed by atoms with Gasteiger partial charge in [-0.2, -0.15) is 13.2 Å². The van der Waals surface area contributed by atoms with Crippen molar-refractivity contribution in [2.24, 2.45) is 5.73 Å². The maximum atomic E-state index is 12.2. The molecule has 2 N–H and O–H groups in total. The summed E-state index contributed by atoms with van der Waals surface area (Å²) in [4.78, 5) is 3.55. The lowest BCUT2D eigenvalue weighted by atomic mass is 10.2. The Morgan fingerprint density at radius 2 is 2.14 bits per heavy atom. The Kier molecular flexibility index (Phi) is 2.95. The zero-order chi connectivity index (χ0) is 10.8. The molecule has 0 amide bonds. The van der Waals surface area contributed by atoms with Crippen molar-refractivity contribution in [3.05, 3.63) is 24.0 Å². The monoisotopic (exact) mass is 206 g/mol. The first-order chi connectivity index (χ1) is 6.46. The second kappa shape index (κ2) is 3.83. The number of ether oxygens (including phenoxy) is 1. The molecule has 3 nitrogen and oxygen atoms in total. The average Bonchev–Trinajstić information content (AvgIpc) is 2.15. The number of nitrogens with zero attached hydrogens (tertiary/aromatic N) is 1. The van der Waals surface area contributed by atoms with Crippen LogP contribution in [0.1, 0.15) is 11.7 Å². The third-order valence-electron chi connectivity index (χ3n) is 1.67. The number of hydrogen-bond donors (Lipinski definition) is 1. The quantitative estimate of drug-likeness (QED) is 0.800. The van der Waals surface area contributed by atoms with E-state index < -0.39 is 12.2 Å². The summed E-state index contributed by atoms with van der Waals surface area (Å²) in [6.07, 6.45) is -3.27. The van der Waals surface area contributed by atoms with E-state index in [2.05, 4.69) is 4.98 Å². The molecule has 0 bridgehead atoms. The van der Waals surface area contributed by atoms with E-state index in [4.69, 9.17) is 10.5 Å². The fourth-order valence-corrected chi connectivity index (χ4v) is 0.964. The minimum atomic E-state index is -4.51. The van der Waals surface area contributed by atoms with E-state index >= 15 is 0 Å². The highest BCUT2D eigenvalue weighted by atomic mass is 19.4. The van der Waals surface area contributed by atoms with Crippen LogP contribution in [0.5, 0.6) is 5.75 Å². The average molecular weight is 206 g/mol. The summed E-state index contributed by atoms with van der Waals surface area (Å²) in [6, 6.07) is 0.748. The molecule has 0 saturated carbocycles. The molecule has 0 fully saturated rings. The van der Waals surface area contributed by atoms with Crippen molar-refractivity contribution in [3.8, 4) is 5.75 Å². The molecular weight excluding hydrogens is 197 g/mol. The topological polar surface area (TPSA) is 48.1 Å². The first-order valence-electron chi connectivity index (χ1n) is 3.78. The van der Waals surface area contributed by atoms with Crippen LogP contribution in [0.25, 0.3) is 0 Å².